The predicted octanol–water partition coefficient (Wildman–Crippen LogP) is 2.92. The van der Waals surface area contributed by atoms with Gasteiger partial charge in [-0.2, -0.15) is 0 Å². The normalized spacial score (nSPS) is 10.3. The van der Waals surface area contributed by atoms with E-state index in [1.165, 1.54) is 5.56 Å². The summed E-state index contributed by atoms with van der Waals surface area (Å²) in [6, 6.07) is 13.6. The summed E-state index contributed by atoms with van der Waals surface area (Å²) in [6.07, 6.45) is 0.920. The van der Waals surface area contributed by atoms with Gasteiger partial charge in [0, 0.05) is 6.54 Å². The van der Waals surface area contributed by atoms with Gasteiger partial charge in [-0.3, -0.25) is 0 Å². The van der Waals surface area contributed by atoms with E-state index in [1.54, 1.807) is 21.3 Å². The van der Waals surface area contributed by atoms with E-state index < -0.39 is 0 Å². The molecule has 0 spiro atoms. The maximum Gasteiger partial charge on any atom is 0.160 e. The smallest absolute Gasteiger partial charge is 0.160 e. The van der Waals surface area contributed by atoms with Crippen LogP contribution in [0.15, 0.2) is 42.5 Å². The van der Waals surface area contributed by atoms with Crippen LogP contribution in [0, 0.1) is 0 Å². The van der Waals surface area contributed by atoms with E-state index in [9.17, 15) is 0 Å². The van der Waals surface area contributed by atoms with Crippen LogP contribution in [-0.2, 0) is 6.42 Å². The zero-order valence-corrected chi connectivity index (χ0v) is 14.5. The molecular weight excluding hydrogens is 306 g/mol. The number of benzene rings is 2. The summed E-state index contributed by atoms with van der Waals surface area (Å²) in [6.45, 7) is 2.29. The van der Waals surface area contributed by atoms with Crippen LogP contribution in [0.2, 0.25) is 0 Å². The topological polar surface area (TPSA) is 49.0 Å². The lowest BCUT2D eigenvalue weighted by molar-refractivity contribution is 0.313. The molecule has 5 heteroatoms. The molecule has 5 nitrogen and oxygen atoms in total. The Morgan fingerprint density at radius 2 is 1.46 bits per heavy atom. The summed E-state index contributed by atoms with van der Waals surface area (Å²) in [5.74, 6) is 3.19. The fourth-order valence-electron chi connectivity index (χ4n) is 2.31. The predicted molar refractivity (Wildman–Crippen MR) is 94.6 cm³/mol. The molecule has 0 radical (unpaired) electrons. The lowest BCUT2D eigenvalue weighted by atomic mass is 10.1. The second-order valence-corrected chi connectivity index (χ2v) is 5.21. The molecule has 2 aromatic rings. The highest BCUT2D eigenvalue weighted by molar-refractivity contribution is 5.42. The Bertz CT molecular complexity index is 613. The van der Waals surface area contributed by atoms with Crippen LogP contribution >= 0.6 is 0 Å². The average molecular weight is 331 g/mol. The fourth-order valence-corrected chi connectivity index (χ4v) is 2.31. The van der Waals surface area contributed by atoms with Crippen LogP contribution in [0.25, 0.3) is 0 Å². The van der Waals surface area contributed by atoms with E-state index in [0.717, 1.165) is 42.5 Å². The maximum atomic E-state index is 5.67. The standard InChI is InChI=1S/C19H25NO4/c1-21-16-5-7-17(8-6-16)24-13-12-20-11-10-15-4-9-18(22-2)19(14-15)23-3/h4-9,14,20H,10-13H2,1-3H3. The Morgan fingerprint density at radius 1 is 0.750 bits per heavy atom. The molecule has 0 fully saturated rings. The first-order chi connectivity index (χ1) is 11.8. The number of rotatable bonds is 10. The van der Waals surface area contributed by atoms with Gasteiger partial charge < -0.3 is 24.3 Å². The third-order valence-electron chi connectivity index (χ3n) is 3.65. The number of ether oxygens (including phenoxy) is 4. The van der Waals surface area contributed by atoms with Gasteiger partial charge in [0.15, 0.2) is 11.5 Å². The first kappa shape index (κ1) is 17.9. The molecule has 0 unspecified atom stereocenters. The van der Waals surface area contributed by atoms with Gasteiger partial charge in [-0.05, 0) is 54.9 Å². The van der Waals surface area contributed by atoms with Crippen LogP contribution < -0.4 is 24.3 Å². The molecule has 1 N–H and O–H groups in total. The molecule has 0 heterocycles. The summed E-state index contributed by atoms with van der Waals surface area (Å²) in [5, 5.41) is 3.37. The minimum absolute atomic E-state index is 0.623. The van der Waals surface area contributed by atoms with E-state index in [4.69, 9.17) is 18.9 Å². The molecule has 2 aromatic carbocycles. The van der Waals surface area contributed by atoms with E-state index in [1.807, 2.05) is 36.4 Å². The molecule has 0 bridgehead atoms. The Labute approximate surface area is 143 Å². The van der Waals surface area contributed by atoms with E-state index in [0.29, 0.717) is 6.61 Å². The molecule has 24 heavy (non-hydrogen) atoms. The van der Waals surface area contributed by atoms with Crippen LogP contribution in [0.3, 0.4) is 0 Å². The van der Waals surface area contributed by atoms with E-state index in [2.05, 4.69) is 11.4 Å². The van der Waals surface area contributed by atoms with Crippen molar-refractivity contribution in [3.05, 3.63) is 48.0 Å². The second-order valence-electron chi connectivity index (χ2n) is 5.21. The molecule has 2 rings (SSSR count). The molecular formula is C19H25NO4. The molecule has 0 saturated carbocycles. The van der Waals surface area contributed by atoms with Crippen molar-refractivity contribution in [3.8, 4) is 23.0 Å². The zero-order valence-electron chi connectivity index (χ0n) is 14.5. The van der Waals surface area contributed by atoms with Gasteiger partial charge in [-0.1, -0.05) is 6.07 Å². The van der Waals surface area contributed by atoms with Crippen molar-refractivity contribution >= 4 is 0 Å². The minimum atomic E-state index is 0.623. The zero-order chi connectivity index (χ0) is 17.2. The Kier molecular flexibility index (Phi) is 7.23. The van der Waals surface area contributed by atoms with Crippen LogP contribution in [0.1, 0.15) is 5.56 Å². The Hall–Kier alpha value is -2.40. The third kappa shape index (κ3) is 5.35. The van der Waals surface area contributed by atoms with E-state index >= 15 is 0 Å². The van der Waals surface area contributed by atoms with Crippen molar-refractivity contribution in [1.29, 1.82) is 0 Å². The molecule has 130 valence electrons. The Balaban J connectivity index is 1.65. The fraction of sp³-hybridized carbons (Fsp3) is 0.368. The van der Waals surface area contributed by atoms with Gasteiger partial charge in [-0.15, -0.1) is 0 Å². The molecule has 0 atom stereocenters. The molecule has 0 aliphatic heterocycles. The molecule has 0 aliphatic carbocycles. The quantitative estimate of drug-likeness (QED) is 0.678. The van der Waals surface area contributed by atoms with Crippen LogP contribution in [-0.4, -0.2) is 41.0 Å². The first-order valence-corrected chi connectivity index (χ1v) is 7.95. The Morgan fingerprint density at radius 3 is 2.12 bits per heavy atom. The van der Waals surface area contributed by atoms with Crippen LogP contribution in [0.4, 0.5) is 0 Å². The molecule has 0 aromatic heterocycles. The average Bonchev–Trinajstić information content (AvgIpc) is 2.64. The monoisotopic (exact) mass is 331 g/mol. The lowest BCUT2D eigenvalue weighted by Gasteiger charge is -2.10. The van der Waals surface area contributed by atoms with Gasteiger partial charge in [0.1, 0.15) is 18.1 Å². The number of methoxy groups -OCH3 is 3. The minimum Gasteiger partial charge on any atom is -0.497 e. The van der Waals surface area contributed by atoms with Crippen molar-refractivity contribution in [2.45, 2.75) is 6.42 Å². The largest absolute Gasteiger partial charge is 0.497 e. The van der Waals surface area contributed by atoms with Crippen molar-refractivity contribution in [1.82, 2.24) is 5.32 Å². The van der Waals surface area contributed by atoms with Gasteiger partial charge in [0.2, 0.25) is 0 Å². The van der Waals surface area contributed by atoms with Gasteiger partial charge in [0.05, 0.1) is 21.3 Å². The van der Waals surface area contributed by atoms with E-state index in [-0.39, 0.29) is 0 Å². The van der Waals surface area contributed by atoms with Gasteiger partial charge in [0.25, 0.3) is 0 Å². The van der Waals surface area contributed by atoms with Gasteiger partial charge in [-0.25, -0.2) is 0 Å². The molecule has 0 amide bonds. The highest BCUT2D eigenvalue weighted by Gasteiger charge is 2.04. The summed E-state index contributed by atoms with van der Waals surface area (Å²) in [4.78, 5) is 0. The second kappa shape index (κ2) is 9.67. The van der Waals surface area contributed by atoms with Crippen molar-refractivity contribution in [3.63, 3.8) is 0 Å². The summed E-state index contributed by atoms with van der Waals surface area (Å²) >= 11 is 0. The highest BCUT2D eigenvalue weighted by Crippen LogP contribution is 2.27. The third-order valence-corrected chi connectivity index (χ3v) is 3.65. The number of hydrogen-bond donors (Lipinski definition) is 1. The first-order valence-electron chi connectivity index (χ1n) is 7.95. The lowest BCUT2D eigenvalue weighted by Crippen LogP contribution is -2.23. The molecule has 0 aliphatic rings. The summed E-state index contributed by atoms with van der Waals surface area (Å²) < 4.78 is 21.3. The van der Waals surface area contributed by atoms with Crippen molar-refractivity contribution in [2.75, 3.05) is 41.0 Å². The van der Waals surface area contributed by atoms with Crippen molar-refractivity contribution in [2.24, 2.45) is 0 Å². The van der Waals surface area contributed by atoms with Crippen molar-refractivity contribution < 1.29 is 18.9 Å². The number of nitrogens with one attached hydrogen (secondary N) is 1. The van der Waals surface area contributed by atoms with Gasteiger partial charge >= 0.3 is 0 Å². The summed E-state index contributed by atoms with van der Waals surface area (Å²) in [7, 11) is 4.94. The summed E-state index contributed by atoms with van der Waals surface area (Å²) in [5.41, 5.74) is 1.20. The maximum absolute atomic E-state index is 5.67. The highest BCUT2D eigenvalue weighted by atomic mass is 16.5. The number of hydrogen-bond acceptors (Lipinski definition) is 5. The van der Waals surface area contributed by atoms with Crippen LogP contribution in [0.5, 0.6) is 23.0 Å². The molecule has 0 saturated heterocycles. The SMILES string of the molecule is COc1ccc(OCCNCCc2ccc(OC)c(OC)c2)cc1.